The molecule has 2 aromatic rings. The fraction of sp³-hybridized carbons (Fsp3) is 0.308. The molecule has 0 saturated heterocycles. The maximum absolute atomic E-state index is 6.21. The SMILES string of the molecule is CNCc1ccc(Sc2nc(C)c(C)o2)cc1Cl. The second-order valence-electron chi connectivity index (χ2n) is 4.01. The summed E-state index contributed by atoms with van der Waals surface area (Å²) in [6.45, 7) is 4.61. The van der Waals surface area contributed by atoms with Crippen molar-refractivity contribution in [3.8, 4) is 0 Å². The third kappa shape index (κ3) is 3.07. The molecule has 5 heteroatoms. The number of nitrogens with zero attached hydrogens (tertiary/aromatic N) is 1. The van der Waals surface area contributed by atoms with E-state index in [1.54, 1.807) is 0 Å². The second kappa shape index (κ2) is 5.78. The van der Waals surface area contributed by atoms with E-state index in [4.69, 9.17) is 16.0 Å². The van der Waals surface area contributed by atoms with E-state index in [1.165, 1.54) is 11.8 Å². The van der Waals surface area contributed by atoms with Crippen LogP contribution in [0.2, 0.25) is 5.02 Å². The third-order valence-corrected chi connectivity index (χ3v) is 3.80. The van der Waals surface area contributed by atoms with E-state index in [1.807, 2.05) is 39.1 Å². The van der Waals surface area contributed by atoms with Crippen molar-refractivity contribution in [3.05, 3.63) is 40.2 Å². The van der Waals surface area contributed by atoms with Crippen LogP contribution in [0.3, 0.4) is 0 Å². The van der Waals surface area contributed by atoms with E-state index in [-0.39, 0.29) is 0 Å². The van der Waals surface area contributed by atoms with Gasteiger partial charge in [-0.05, 0) is 50.4 Å². The Kier molecular flexibility index (Phi) is 4.32. The third-order valence-electron chi connectivity index (χ3n) is 2.61. The fourth-order valence-electron chi connectivity index (χ4n) is 1.51. The standard InChI is InChI=1S/C13H15ClN2OS/c1-8-9(2)17-13(16-8)18-11-5-4-10(7-15-3)12(14)6-11/h4-6,15H,7H2,1-3H3. The number of oxazole rings is 1. The van der Waals surface area contributed by atoms with Gasteiger partial charge in [0.25, 0.3) is 5.22 Å². The van der Waals surface area contributed by atoms with Crippen molar-refractivity contribution in [2.24, 2.45) is 0 Å². The number of nitrogens with one attached hydrogen (secondary N) is 1. The largest absolute Gasteiger partial charge is 0.436 e. The van der Waals surface area contributed by atoms with Gasteiger partial charge in [0.1, 0.15) is 5.76 Å². The van der Waals surface area contributed by atoms with Crippen molar-refractivity contribution in [1.29, 1.82) is 0 Å². The van der Waals surface area contributed by atoms with E-state index in [0.717, 1.165) is 33.5 Å². The first kappa shape index (κ1) is 13.5. The molecule has 1 heterocycles. The maximum atomic E-state index is 6.21. The van der Waals surface area contributed by atoms with Crippen LogP contribution in [0.1, 0.15) is 17.0 Å². The van der Waals surface area contributed by atoms with Crippen LogP contribution in [-0.2, 0) is 6.54 Å². The highest BCUT2D eigenvalue weighted by Crippen LogP contribution is 2.31. The molecule has 0 radical (unpaired) electrons. The van der Waals surface area contributed by atoms with Gasteiger partial charge >= 0.3 is 0 Å². The molecular weight excluding hydrogens is 268 g/mol. The lowest BCUT2D eigenvalue weighted by Gasteiger charge is -2.05. The van der Waals surface area contributed by atoms with Gasteiger partial charge in [0.2, 0.25) is 0 Å². The van der Waals surface area contributed by atoms with Crippen molar-refractivity contribution >= 4 is 23.4 Å². The Morgan fingerprint density at radius 1 is 1.39 bits per heavy atom. The first-order chi connectivity index (χ1) is 8.60. The summed E-state index contributed by atoms with van der Waals surface area (Å²) in [4.78, 5) is 5.36. The van der Waals surface area contributed by atoms with Crippen molar-refractivity contribution in [2.75, 3.05) is 7.05 Å². The van der Waals surface area contributed by atoms with Gasteiger partial charge < -0.3 is 9.73 Å². The number of hydrogen-bond donors (Lipinski definition) is 1. The summed E-state index contributed by atoms with van der Waals surface area (Å²) in [5, 5.41) is 4.50. The van der Waals surface area contributed by atoms with Crippen molar-refractivity contribution in [3.63, 3.8) is 0 Å². The van der Waals surface area contributed by atoms with E-state index in [0.29, 0.717) is 5.22 Å². The first-order valence-electron chi connectivity index (χ1n) is 5.65. The topological polar surface area (TPSA) is 38.1 Å². The minimum atomic E-state index is 0.655. The van der Waals surface area contributed by atoms with Crippen LogP contribution < -0.4 is 5.32 Å². The van der Waals surface area contributed by atoms with Crippen LogP contribution in [0, 0.1) is 13.8 Å². The molecule has 2 rings (SSSR count). The summed E-state index contributed by atoms with van der Waals surface area (Å²) in [5.74, 6) is 0.857. The average molecular weight is 283 g/mol. The monoisotopic (exact) mass is 282 g/mol. The molecule has 0 saturated carbocycles. The number of aryl methyl sites for hydroxylation is 2. The molecule has 1 N–H and O–H groups in total. The molecule has 0 amide bonds. The number of rotatable bonds is 4. The molecule has 1 aromatic heterocycles. The van der Waals surface area contributed by atoms with Crippen molar-refractivity contribution in [2.45, 2.75) is 30.5 Å². The Hall–Kier alpha value is -0.970. The summed E-state index contributed by atoms with van der Waals surface area (Å²) in [6.07, 6.45) is 0. The number of aromatic nitrogens is 1. The molecule has 3 nitrogen and oxygen atoms in total. The lowest BCUT2D eigenvalue weighted by atomic mass is 10.2. The summed E-state index contributed by atoms with van der Waals surface area (Å²) >= 11 is 7.69. The molecule has 0 aliphatic rings. The Morgan fingerprint density at radius 2 is 2.17 bits per heavy atom. The molecule has 0 atom stereocenters. The Labute approximate surface area is 116 Å². The smallest absolute Gasteiger partial charge is 0.260 e. The van der Waals surface area contributed by atoms with Crippen LogP contribution in [0.4, 0.5) is 0 Å². The van der Waals surface area contributed by atoms with Crippen molar-refractivity contribution in [1.82, 2.24) is 10.3 Å². The fourth-order valence-corrected chi connectivity index (χ4v) is 2.69. The second-order valence-corrected chi connectivity index (χ2v) is 5.44. The minimum Gasteiger partial charge on any atom is -0.436 e. The number of halogens is 1. The van der Waals surface area contributed by atoms with Gasteiger partial charge in [-0.15, -0.1) is 0 Å². The van der Waals surface area contributed by atoms with Gasteiger partial charge in [-0.25, -0.2) is 4.98 Å². The molecule has 0 spiro atoms. The quantitative estimate of drug-likeness (QED) is 0.925. The van der Waals surface area contributed by atoms with Gasteiger partial charge in [0.05, 0.1) is 5.69 Å². The van der Waals surface area contributed by atoms with E-state index >= 15 is 0 Å². The normalized spacial score (nSPS) is 10.9. The maximum Gasteiger partial charge on any atom is 0.260 e. The molecule has 18 heavy (non-hydrogen) atoms. The number of benzene rings is 1. The van der Waals surface area contributed by atoms with Crippen LogP contribution in [0.15, 0.2) is 32.7 Å². The summed E-state index contributed by atoms with van der Waals surface area (Å²) < 4.78 is 5.53. The molecule has 1 aromatic carbocycles. The average Bonchev–Trinajstić information content (AvgIpc) is 2.62. The highest BCUT2D eigenvalue weighted by atomic mass is 35.5. The molecule has 0 aliphatic heterocycles. The van der Waals surface area contributed by atoms with Gasteiger partial charge in [-0.3, -0.25) is 0 Å². The predicted molar refractivity (Wildman–Crippen MR) is 74.3 cm³/mol. The van der Waals surface area contributed by atoms with E-state index in [9.17, 15) is 0 Å². The summed E-state index contributed by atoms with van der Waals surface area (Å²) in [6, 6.07) is 5.98. The van der Waals surface area contributed by atoms with Gasteiger partial charge in [-0.1, -0.05) is 17.7 Å². The van der Waals surface area contributed by atoms with Gasteiger partial charge in [0, 0.05) is 16.5 Å². The molecule has 0 bridgehead atoms. The minimum absolute atomic E-state index is 0.655. The Bertz CT molecular complexity index is 534. The van der Waals surface area contributed by atoms with Crippen LogP contribution >= 0.6 is 23.4 Å². The molecule has 0 unspecified atom stereocenters. The molecular formula is C13H15ClN2OS. The van der Waals surface area contributed by atoms with Crippen molar-refractivity contribution < 1.29 is 4.42 Å². The first-order valence-corrected chi connectivity index (χ1v) is 6.84. The molecule has 96 valence electrons. The summed E-state index contributed by atoms with van der Waals surface area (Å²) in [7, 11) is 1.90. The molecule has 0 aliphatic carbocycles. The van der Waals surface area contributed by atoms with E-state index < -0.39 is 0 Å². The lowest BCUT2D eigenvalue weighted by molar-refractivity contribution is 0.431. The zero-order chi connectivity index (χ0) is 13.1. The zero-order valence-corrected chi connectivity index (χ0v) is 12.2. The predicted octanol–water partition coefficient (Wildman–Crippen LogP) is 3.82. The summed E-state index contributed by atoms with van der Waals surface area (Å²) in [5.41, 5.74) is 2.01. The van der Waals surface area contributed by atoms with Gasteiger partial charge in [0.15, 0.2) is 0 Å². The highest BCUT2D eigenvalue weighted by molar-refractivity contribution is 7.99. The van der Waals surface area contributed by atoms with Gasteiger partial charge in [-0.2, -0.15) is 0 Å². The molecule has 0 fully saturated rings. The van der Waals surface area contributed by atoms with Crippen LogP contribution in [0.25, 0.3) is 0 Å². The van der Waals surface area contributed by atoms with Crippen LogP contribution in [-0.4, -0.2) is 12.0 Å². The van der Waals surface area contributed by atoms with Crippen LogP contribution in [0.5, 0.6) is 0 Å². The lowest BCUT2D eigenvalue weighted by Crippen LogP contribution is -2.05. The number of hydrogen-bond acceptors (Lipinski definition) is 4. The zero-order valence-electron chi connectivity index (χ0n) is 10.6. The Balaban J connectivity index is 2.17. The van der Waals surface area contributed by atoms with E-state index in [2.05, 4.69) is 10.3 Å². The highest BCUT2D eigenvalue weighted by Gasteiger charge is 2.09. The Morgan fingerprint density at radius 3 is 2.72 bits per heavy atom.